The number of imide groups is 1. The molecule has 1 rings (SSSR count). The van der Waals surface area contributed by atoms with Gasteiger partial charge in [-0.2, -0.15) is 10.2 Å². The zero-order chi connectivity index (χ0) is 17.1. The van der Waals surface area contributed by atoms with Crippen molar-refractivity contribution < 1.29 is 19.1 Å². The highest BCUT2D eigenvalue weighted by atomic mass is 32.1. The molecular weight excluding hydrogens is 304 g/mol. The van der Waals surface area contributed by atoms with E-state index in [2.05, 4.69) is 0 Å². The molecule has 2 amide bonds. The van der Waals surface area contributed by atoms with Crippen LogP contribution in [0.3, 0.4) is 0 Å². The lowest BCUT2D eigenvalue weighted by Crippen LogP contribution is -2.43. The van der Waals surface area contributed by atoms with Crippen LogP contribution < -0.4 is 4.90 Å². The van der Waals surface area contributed by atoms with Crippen LogP contribution in [0.5, 0.6) is 0 Å². The Morgan fingerprint density at radius 2 is 1.55 bits per heavy atom. The molecule has 6 nitrogen and oxygen atoms in total. The molecule has 1 aromatic rings. The normalized spacial score (nSPS) is 11.5. The van der Waals surface area contributed by atoms with Crippen molar-refractivity contribution in [3.63, 3.8) is 0 Å². The molecule has 22 heavy (non-hydrogen) atoms. The molecule has 0 saturated carbocycles. The molecule has 0 spiro atoms. The molecule has 0 atom stereocenters. The number of nitriles is 1. The van der Waals surface area contributed by atoms with Gasteiger partial charge in [0.05, 0.1) is 5.56 Å². The molecule has 0 saturated heterocycles. The lowest BCUT2D eigenvalue weighted by Gasteiger charge is -2.27. The smallest absolute Gasteiger partial charge is 0.425 e. The van der Waals surface area contributed by atoms with E-state index in [1.165, 1.54) is 6.07 Å². The quantitative estimate of drug-likeness (QED) is 0.769. The van der Waals surface area contributed by atoms with Gasteiger partial charge in [-0.3, -0.25) is 0 Å². The molecule has 1 aromatic heterocycles. The van der Waals surface area contributed by atoms with Crippen molar-refractivity contribution in [1.82, 2.24) is 0 Å². The van der Waals surface area contributed by atoms with E-state index in [4.69, 9.17) is 14.7 Å². The summed E-state index contributed by atoms with van der Waals surface area (Å²) in [5, 5.41) is 10.7. The van der Waals surface area contributed by atoms with Crippen molar-refractivity contribution in [2.45, 2.75) is 52.7 Å². The maximum Gasteiger partial charge on any atom is 0.425 e. The number of nitrogens with zero attached hydrogens (tertiary/aromatic N) is 2. The van der Waals surface area contributed by atoms with Gasteiger partial charge < -0.3 is 9.47 Å². The second kappa shape index (κ2) is 6.36. The maximum absolute atomic E-state index is 12.3. The van der Waals surface area contributed by atoms with Crippen molar-refractivity contribution in [2.24, 2.45) is 0 Å². The molecule has 0 aliphatic heterocycles. The predicted molar refractivity (Wildman–Crippen MR) is 84.0 cm³/mol. The average molecular weight is 324 g/mol. The molecule has 120 valence electrons. The number of hydrogen-bond donors (Lipinski definition) is 0. The predicted octanol–water partition coefficient (Wildman–Crippen LogP) is 4.30. The van der Waals surface area contributed by atoms with Gasteiger partial charge in [0.15, 0.2) is 0 Å². The van der Waals surface area contributed by atoms with E-state index in [0.29, 0.717) is 5.56 Å². The lowest BCUT2D eigenvalue weighted by atomic mass is 10.2. The van der Waals surface area contributed by atoms with Gasteiger partial charge in [-0.05, 0) is 47.6 Å². The Bertz CT molecular complexity index is 574. The highest BCUT2D eigenvalue weighted by molar-refractivity contribution is 7.14. The highest BCUT2D eigenvalue weighted by Gasteiger charge is 2.33. The van der Waals surface area contributed by atoms with E-state index in [9.17, 15) is 9.59 Å². The number of thiophene rings is 1. The van der Waals surface area contributed by atoms with Crippen molar-refractivity contribution >= 4 is 28.5 Å². The Morgan fingerprint density at radius 3 is 1.86 bits per heavy atom. The summed E-state index contributed by atoms with van der Waals surface area (Å²) >= 11 is 1.09. The summed E-state index contributed by atoms with van der Waals surface area (Å²) in [6.45, 7) is 10.2. The molecule has 7 heteroatoms. The molecular formula is C15H20N2O4S. The topological polar surface area (TPSA) is 79.6 Å². The fourth-order valence-electron chi connectivity index (χ4n) is 1.37. The van der Waals surface area contributed by atoms with Crippen molar-refractivity contribution in [2.75, 3.05) is 4.90 Å². The lowest BCUT2D eigenvalue weighted by molar-refractivity contribution is 0.0432. The minimum Gasteiger partial charge on any atom is -0.443 e. The molecule has 1 heterocycles. The largest absolute Gasteiger partial charge is 0.443 e. The SMILES string of the molecule is CC(C)(C)OC(=O)N(C(=O)OC(C)(C)C)c1cc(C#N)cs1. The van der Waals surface area contributed by atoms with Crippen molar-refractivity contribution in [3.05, 3.63) is 17.0 Å². The van der Waals surface area contributed by atoms with Crippen LogP contribution in [0.1, 0.15) is 47.1 Å². The number of carbonyl (C=O) groups excluding carboxylic acids is 2. The van der Waals surface area contributed by atoms with Gasteiger partial charge in [0.2, 0.25) is 0 Å². The van der Waals surface area contributed by atoms with Gasteiger partial charge in [-0.15, -0.1) is 11.3 Å². The number of hydrogen-bond acceptors (Lipinski definition) is 6. The Kier molecular flexibility index (Phi) is 5.20. The van der Waals surface area contributed by atoms with Crippen molar-refractivity contribution in [3.8, 4) is 6.07 Å². The standard InChI is InChI=1S/C15H20N2O4S/c1-14(2,3)20-12(18)17(13(19)21-15(4,5)6)11-7-10(8-16)9-22-11/h7,9H,1-6H3. The molecule has 0 unspecified atom stereocenters. The number of rotatable bonds is 1. The molecule has 0 bridgehead atoms. The molecule has 0 radical (unpaired) electrons. The molecule has 0 aliphatic rings. The summed E-state index contributed by atoms with van der Waals surface area (Å²) in [6.07, 6.45) is -1.68. The van der Waals surface area contributed by atoms with E-state index in [1.54, 1.807) is 46.9 Å². The third kappa shape index (κ3) is 5.37. The Labute approximate surface area is 134 Å². The monoisotopic (exact) mass is 324 g/mol. The first-order valence-corrected chi connectivity index (χ1v) is 7.55. The van der Waals surface area contributed by atoms with Crippen LogP contribution in [0.4, 0.5) is 14.6 Å². The summed E-state index contributed by atoms with van der Waals surface area (Å²) in [5.41, 5.74) is -1.16. The zero-order valence-corrected chi connectivity index (χ0v) is 14.4. The van der Waals surface area contributed by atoms with Gasteiger partial charge in [0, 0.05) is 5.38 Å². The van der Waals surface area contributed by atoms with Gasteiger partial charge in [-0.25, -0.2) is 9.59 Å². The van der Waals surface area contributed by atoms with Crippen LogP contribution in [0.15, 0.2) is 11.4 Å². The van der Waals surface area contributed by atoms with E-state index in [1.807, 2.05) is 6.07 Å². The minimum atomic E-state index is -0.840. The van der Waals surface area contributed by atoms with Crippen LogP contribution in [-0.2, 0) is 9.47 Å². The first-order valence-electron chi connectivity index (χ1n) is 6.68. The second-order valence-corrected chi connectivity index (χ2v) is 7.47. The molecule has 0 aromatic carbocycles. The van der Waals surface area contributed by atoms with Gasteiger partial charge >= 0.3 is 12.2 Å². The van der Waals surface area contributed by atoms with Crippen LogP contribution in [-0.4, -0.2) is 23.4 Å². The average Bonchev–Trinajstić information content (AvgIpc) is 2.72. The third-order valence-electron chi connectivity index (χ3n) is 2.09. The fraction of sp³-hybridized carbons (Fsp3) is 0.533. The molecule has 0 fully saturated rings. The first-order chi connectivity index (χ1) is 9.93. The van der Waals surface area contributed by atoms with Crippen LogP contribution in [0, 0.1) is 11.3 Å². The van der Waals surface area contributed by atoms with E-state index < -0.39 is 23.4 Å². The number of anilines is 1. The maximum atomic E-state index is 12.3. The van der Waals surface area contributed by atoms with E-state index in [0.717, 1.165) is 16.2 Å². The Balaban J connectivity index is 3.13. The highest BCUT2D eigenvalue weighted by Crippen LogP contribution is 2.28. The number of carbonyl (C=O) groups is 2. The van der Waals surface area contributed by atoms with E-state index >= 15 is 0 Å². The fourth-order valence-corrected chi connectivity index (χ4v) is 2.19. The van der Waals surface area contributed by atoms with Crippen LogP contribution in [0.25, 0.3) is 0 Å². The van der Waals surface area contributed by atoms with Crippen LogP contribution >= 0.6 is 11.3 Å². The Morgan fingerprint density at radius 1 is 1.09 bits per heavy atom. The van der Waals surface area contributed by atoms with Gasteiger partial charge in [0.25, 0.3) is 0 Å². The summed E-state index contributed by atoms with van der Waals surface area (Å²) in [5.74, 6) is 0. The molecule has 0 aliphatic carbocycles. The van der Waals surface area contributed by atoms with Crippen LogP contribution in [0.2, 0.25) is 0 Å². The third-order valence-corrected chi connectivity index (χ3v) is 3.00. The summed E-state index contributed by atoms with van der Waals surface area (Å²) in [7, 11) is 0. The van der Waals surface area contributed by atoms with E-state index in [-0.39, 0.29) is 5.00 Å². The number of amides is 2. The Hall–Kier alpha value is -2.07. The van der Waals surface area contributed by atoms with Gasteiger partial charge in [0.1, 0.15) is 22.3 Å². The summed E-state index contributed by atoms with van der Waals surface area (Å²) < 4.78 is 10.5. The zero-order valence-electron chi connectivity index (χ0n) is 13.6. The first kappa shape index (κ1) is 18.0. The van der Waals surface area contributed by atoms with Gasteiger partial charge in [-0.1, -0.05) is 0 Å². The summed E-state index contributed by atoms with van der Waals surface area (Å²) in [6, 6.07) is 3.40. The molecule has 0 N–H and O–H groups in total. The minimum absolute atomic E-state index is 0.278. The number of ether oxygens (including phenoxy) is 2. The second-order valence-electron chi connectivity index (χ2n) is 6.58. The van der Waals surface area contributed by atoms with Crippen molar-refractivity contribution in [1.29, 1.82) is 5.26 Å². The summed E-state index contributed by atoms with van der Waals surface area (Å²) in [4.78, 5) is 25.4.